The van der Waals surface area contributed by atoms with Crippen LogP contribution in [0, 0.1) is 0 Å². The highest BCUT2D eigenvalue weighted by Crippen LogP contribution is 1.99. The zero-order valence-electron chi connectivity index (χ0n) is 3.91. The fourth-order valence-corrected chi connectivity index (χ4v) is 0.375. The average Bonchev–Trinajstić information content (AvgIpc) is 1.65. The Bertz CT molecular complexity index is 49.5. The Morgan fingerprint density at radius 1 is 1.33 bits per heavy atom. The van der Waals surface area contributed by atoms with E-state index in [2.05, 4.69) is 10.2 Å². The molecular formula is C2H9N2OP. The van der Waals surface area contributed by atoms with Crippen molar-refractivity contribution in [3.8, 4) is 0 Å². The van der Waals surface area contributed by atoms with Gasteiger partial charge in [0.15, 0.2) is 8.10 Å². The molecule has 0 fully saturated rings. The van der Waals surface area contributed by atoms with Crippen LogP contribution in [0.4, 0.5) is 0 Å². The topological polar surface area (TPSA) is 41.1 Å². The molecule has 0 aromatic heterocycles. The van der Waals surface area contributed by atoms with Crippen LogP contribution < -0.4 is 10.2 Å². The van der Waals surface area contributed by atoms with E-state index in [4.69, 9.17) is 0 Å². The summed E-state index contributed by atoms with van der Waals surface area (Å²) in [5, 5.41) is 5.10. The molecule has 38 valence electrons. The van der Waals surface area contributed by atoms with Gasteiger partial charge in [-0.2, -0.15) is 0 Å². The minimum absolute atomic E-state index is 1.62. The van der Waals surface area contributed by atoms with Crippen molar-refractivity contribution in [2.24, 2.45) is 0 Å². The molecule has 0 aromatic rings. The largest absolute Gasteiger partial charge is 0.293 e. The zero-order chi connectivity index (χ0) is 4.99. The van der Waals surface area contributed by atoms with Gasteiger partial charge in [-0.25, -0.2) is 0 Å². The van der Waals surface area contributed by atoms with Crippen molar-refractivity contribution >= 4 is 8.10 Å². The second kappa shape index (κ2) is 3.34. The van der Waals surface area contributed by atoms with Gasteiger partial charge < -0.3 is 0 Å². The highest BCUT2D eigenvalue weighted by atomic mass is 31.1. The Labute approximate surface area is 38.0 Å². The molecule has 0 aliphatic carbocycles. The van der Waals surface area contributed by atoms with E-state index in [1.807, 2.05) is 0 Å². The third kappa shape index (κ3) is 2.39. The fraction of sp³-hybridized carbons (Fsp3) is 1.00. The summed E-state index contributed by atoms with van der Waals surface area (Å²) in [7, 11) is 1.68. The van der Waals surface area contributed by atoms with Crippen molar-refractivity contribution in [2.75, 3.05) is 14.1 Å². The Morgan fingerprint density at radius 2 is 1.67 bits per heavy atom. The quantitative estimate of drug-likeness (QED) is 0.482. The van der Waals surface area contributed by atoms with Crippen molar-refractivity contribution in [3.05, 3.63) is 0 Å². The molecule has 0 unspecified atom stereocenters. The van der Waals surface area contributed by atoms with Gasteiger partial charge in [0.1, 0.15) is 0 Å². The Morgan fingerprint density at radius 3 is 1.67 bits per heavy atom. The highest BCUT2D eigenvalue weighted by Gasteiger charge is 1.79. The lowest BCUT2D eigenvalue weighted by Crippen LogP contribution is -2.02. The van der Waals surface area contributed by atoms with Crippen molar-refractivity contribution in [2.45, 2.75) is 0 Å². The summed E-state index contributed by atoms with van der Waals surface area (Å²) >= 11 is 0. The Hall–Kier alpha value is 0.150. The van der Waals surface area contributed by atoms with Gasteiger partial charge >= 0.3 is 0 Å². The van der Waals surface area contributed by atoms with Gasteiger partial charge in [0.2, 0.25) is 0 Å². The third-order valence-corrected chi connectivity index (χ3v) is 1.36. The maximum absolute atomic E-state index is 10.1. The Kier molecular flexibility index (Phi) is 3.43. The zero-order valence-corrected chi connectivity index (χ0v) is 4.91. The minimum Gasteiger partial charge on any atom is -0.293 e. The van der Waals surface area contributed by atoms with Crippen LogP contribution in [0.5, 0.6) is 0 Å². The van der Waals surface area contributed by atoms with Crippen LogP contribution >= 0.6 is 8.10 Å². The maximum atomic E-state index is 10.1. The molecule has 0 rings (SSSR count). The lowest BCUT2D eigenvalue weighted by atomic mass is 11.6. The molecule has 0 amide bonds. The third-order valence-electron chi connectivity index (χ3n) is 0.454. The highest BCUT2D eigenvalue weighted by molar-refractivity contribution is 7.39. The number of nitrogens with one attached hydrogen (secondary N) is 2. The molecule has 4 heteroatoms. The molecule has 0 heterocycles. The van der Waals surface area contributed by atoms with Crippen molar-refractivity contribution < 1.29 is 4.57 Å². The minimum atomic E-state index is -1.62. The molecule has 0 aliphatic rings. The molecule has 0 spiro atoms. The molecule has 0 aromatic carbocycles. The SMILES string of the molecule is CN[PH](=O)NC. The van der Waals surface area contributed by atoms with E-state index in [1.165, 1.54) is 0 Å². The summed E-state index contributed by atoms with van der Waals surface area (Å²) in [6.45, 7) is 0. The summed E-state index contributed by atoms with van der Waals surface area (Å²) < 4.78 is 10.1. The molecule has 0 aliphatic heterocycles. The van der Waals surface area contributed by atoms with Crippen molar-refractivity contribution in [3.63, 3.8) is 0 Å². The van der Waals surface area contributed by atoms with Gasteiger partial charge in [0.05, 0.1) is 0 Å². The van der Waals surface area contributed by atoms with E-state index < -0.39 is 8.10 Å². The monoisotopic (exact) mass is 108 g/mol. The van der Waals surface area contributed by atoms with Crippen LogP contribution in [0.25, 0.3) is 0 Å². The first-order valence-electron chi connectivity index (χ1n) is 1.70. The first-order chi connectivity index (χ1) is 2.81. The van der Waals surface area contributed by atoms with Gasteiger partial charge in [0.25, 0.3) is 0 Å². The fourth-order valence-electron chi connectivity index (χ4n) is 0.125. The first kappa shape index (κ1) is 6.15. The van der Waals surface area contributed by atoms with Gasteiger partial charge in [-0.05, 0) is 14.1 Å². The average molecular weight is 108 g/mol. The van der Waals surface area contributed by atoms with Crippen LogP contribution in [0.1, 0.15) is 0 Å². The molecule has 6 heavy (non-hydrogen) atoms. The van der Waals surface area contributed by atoms with Gasteiger partial charge in [-0.1, -0.05) is 0 Å². The number of rotatable bonds is 2. The summed E-state index contributed by atoms with van der Waals surface area (Å²) in [5.74, 6) is 0. The summed E-state index contributed by atoms with van der Waals surface area (Å²) in [6.07, 6.45) is 0. The van der Waals surface area contributed by atoms with Crippen LogP contribution in [0.2, 0.25) is 0 Å². The van der Waals surface area contributed by atoms with Crippen molar-refractivity contribution in [1.29, 1.82) is 0 Å². The van der Waals surface area contributed by atoms with E-state index in [9.17, 15) is 4.57 Å². The van der Waals surface area contributed by atoms with E-state index in [-0.39, 0.29) is 0 Å². The van der Waals surface area contributed by atoms with Gasteiger partial charge in [0, 0.05) is 0 Å². The predicted octanol–water partition coefficient (Wildman–Crippen LogP) is -0.185. The lowest BCUT2D eigenvalue weighted by molar-refractivity contribution is 0.578. The number of hydrogen-bond acceptors (Lipinski definition) is 1. The summed E-state index contributed by atoms with van der Waals surface area (Å²) in [5.41, 5.74) is 0. The van der Waals surface area contributed by atoms with Crippen LogP contribution in [-0.4, -0.2) is 14.1 Å². The van der Waals surface area contributed by atoms with Gasteiger partial charge in [-0.15, -0.1) is 0 Å². The predicted molar refractivity (Wildman–Crippen MR) is 27.1 cm³/mol. The molecule has 0 radical (unpaired) electrons. The summed E-state index contributed by atoms with van der Waals surface area (Å²) in [4.78, 5) is 0. The van der Waals surface area contributed by atoms with Crippen LogP contribution in [0.3, 0.4) is 0 Å². The molecule has 2 N–H and O–H groups in total. The van der Waals surface area contributed by atoms with E-state index >= 15 is 0 Å². The second-order valence-electron chi connectivity index (χ2n) is 0.829. The second-order valence-corrected chi connectivity index (χ2v) is 2.49. The summed E-state index contributed by atoms with van der Waals surface area (Å²) in [6, 6.07) is 0. The Balaban J connectivity index is 2.99. The molecule has 0 atom stereocenters. The van der Waals surface area contributed by atoms with Gasteiger partial charge in [-0.3, -0.25) is 14.7 Å². The molecule has 0 bridgehead atoms. The van der Waals surface area contributed by atoms with E-state index in [0.29, 0.717) is 0 Å². The molecule has 3 nitrogen and oxygen atoms in total. The smallest absolute Gasteiger partial charge is 0.199 e. The van der Waals surface area contributed by atoms with E-state index in [0.717, 1.165) is 0 Å². The maximum Gasteiger partial charge on any atom is 0.199 e. The van der Waals surface area contributed by atoms with Crippen LogP contribution in [0.15, 0.2) is 0 Å². The molecular weight excluding hydrogens is 99.0 g/mol. The number of hydrogen-bond donors (Lipinski definition) is 2. The lowest BCUT2D eigenvalue weighted by Gasteiger charge is -1.90. The van der Waals surface area contributed by atoms with E-state index in [1.54, 1.807) is 14.1 Å². The normalized spacial score (nSPS) is 9.83. The van der Waals surface area contributed by atoms with Crippen molar-refractivity contribution in [1.82, 2.24) is 10.2 Å². The van der Waals surface area contributed by atoms with Crippen LogP contribution in [-0.2, 0) is 4.57 Å². The molecule has 0 saturated heterocycles. The molecule has 0 saturated carbocycles. The first-order valence-corrected chi connectivity index (χ1v) is 3.11. The standard InChI is InChI=1S/C2H9N2OP/c1-3-6(5)4-2/h6H,1-2H3,(H2,3,4,5).